The maximum absolute atomic E-state index is 10.8. The molecule has 1 N–H and O–H groups in total. The number of hydrogen-bond donors (Lipinski definition) is 1. The molecule has 0 heterocycles. The molecule has 18 heavy (non-hydrogen) atoms. The highest BCUT2D eigenvalue weighted by atomic mass is 16.4. The summed E-state index contributed by atoms with van der Waals surface area (Å²) in [6.07, 6.45) is 0.750. The third-order valence-electron chi connectivity index (χ3n) is 2.23. The van der Waals surface area contributed by atoms with Crippen LogP contribution in [0.1, 0.15) is 10.4 Å². The van der Waals surface area contributed by atoms with E-state index < -0.39 is 5.97 Å². The van der Waals surface area contributed by atoms with Crippen LogP contribution in [0, 0.1) is 0 Å². The second kappa shape index (κ2) is 6.39. The van der Waals surface area contributed by atoms with E-state index in [9.17, 15) is 9.59 Å². The molecule has 2 rings (SSSR count). The van der Waals surface area contributed by atoms with E-state index in [-0.39, 0.29) is 0 Å². The third kappa shape index (κ3) is 3.59. The normalized spacial score (nSPS) is 9.22. The smallest absolute Gasteiger partial charge is 0.336 e. The zero-order chi connectivity index (χ0) is 13.5. The second-order valence-electron chi connectivity index (χ2n) is 3.90. The number of benzene rings is 2. The maximum Gasteiger partial charge on any atom is 0.336 e. The molecule has 0 radical (unpaired) electrons. The van der Waals surface area contributed by atoms with Crippen molar-refractivity contribution in [3.05, 3.63) is 48.0 Å². The van der Waals surface area contributed by atoms with Gasteiger partial charge in [-0.2, -0.15) is 0 Å². The molecule has 0 spiro atoms. The van der Waals surface area contributed by atoms with E-state index in [1.165, 1.54) is 4.90 Å². The molecule has 0 atom stereocenters. The zero-order valence-corrected chi connectivity index (χ0v) is 10.3. The monoisotopic (exact) mass is 245 g/mol. The number of nitrogens with zero attached hydrogens (tertiary/aromatic N) is 1. The summed E-state index contributed by atoms with van der Waals surface area (Å²) in [5.41, 5.74) is 0.359. The molecule has 4 nitrogen and oxygen atoms in total. The minimum Gasteiger partial charge on any atom is -0.478 e. The van der Waals surface area contributed by atoms with Crippen LogP contribution in [0.4, 0.5) is 0 Å². The number of rotatable bonds is 2. The summed E-state index contributed by atoms with van der Waals surface area (Å²) in [5, 5.41) is 10.6. The molecule has 0 saturated heterocycles. The number of carbonyl (C=O) groups is 2. The van der Waals surface area contributed by atoms with Crippen molar-refractivity contribution in [1.82, 2.24) is 4.90 Å². The Bertz CT molecular complexity index is 544. The van der Waals surface area contributed by atoms with Gasteiger partial charge in [0, 0.05) is 14.1 Å². The van der Waals surface area contributed by atoms with Crippen LogP contribution in [0.2, 0.25) is 0 Å². The first kappa shape index (κ1) is 13.7. The van der Waals surface area contributed by atoms with Gasteiger partial charge in [-0.15, -0.1) is 0 Å². The zero-order valence-electron chi connectivity index (χ0n) is 10.3. The lowest BCUT2D eigenvalue weighted by Gasteiger charge is -2.00. The van der Waals surface area contributed by atoms with E-state index >= 15 is 0 Å². The van der Waals surface area contributed by atoms with Gasteiger partial charge >= 0.3 is 5.97 Å². The van der Waals surface area contributed by atoms with Gasteiger partial charge in [-0.25, -0.2) is 4.79 Å². The van der Waals surface area contributed by atoms with Crippen molar-refractivity contribution in [2.24, 2.45) is 0 Å². The number of aromatic carboxylic acids is 1. The first-order valence-corrected chi connectivity index (χ1v) is 5.39. The van der Waals surface area contributed by atoms with Crippen LogP contribution < -0.4 is 0 Å². The van der Waals surface area contributed by atoms with Crippen LogP contribution in [-0.2, 0) is 4.79 Å². The molecule has 0 aliphatic carbocycles. The first-order valence-electron chi connectivity index (χ1n) is 5.39. The van der Waals surface area contributed by atoms with Crippen molar-refractivity contribution in [3.63, 3.8) is 0 Å². The van der Waals surface area contributed by atoms with Gasteiger partial charge in [0.25, 0.3) is 0 Å². The van der Waals surface area contributed by atoms with Gasteiger partial charge in [0.1, 0.15) is 0 Å². The fourth-order valence-corrected chi connectivity index (χ4v) is 1.41. The Morgan fingerprint density at radius 3 is 2.22 bits per heavy atom. The minimum absolute atomic E-state index is 0.359. The Kier molecular flexibility index (Phi) is 4.87. The van der Waals surface area contributed by atoms with E-state index in [1.54, 1.807) is 26.2 Å². The molecule has 2 aromatic rings. The van der Waals surface area contributed by atoms with E-state index in [2.05, 4.69) is 0 Å². The van der Waals surface area contributed by atoms with E-state index in [1.807, 2.05) is 30.3 Å². The lowest BCUT2D eigenvalue weighted by Crippen LogP contribution is -2.06. The Morgan fingerprint density at radius 2 is 1.67 bits per heavy atom. The number of amides is 1. The summed E-state index contributed by atoms with van der Waals surface area (Å²) in [5.74, 6) is -0.878. The Balaban J connectivity index is 0.000000280. The second-order valence-corrected chi connectivity index (χ2v) is 3.90. The predicted molar refractivity (Wildman–Crippen MR) is 70.7 cm³/mol. The lowest BCUT2D eigenvalue weighted by atomic mass is 10.1. The van der Waals surface area contributed by atoms with Crippen LogP contribution in [-0.4, -0.2) is 36.5 Å². The van der Waals surface area contributed by atoms with Crippen molar-refractivity contribution < 1.29 is 14.7 Å². The molecule has 0 fully saturated rings. The standard InChI is InChI=1S/C11H8O2.C3H7NO/c12-11(13)10-7-3-5-8-4-1-2-6-9(8)10;1-4(2)3-5/h1-7H,(H,12,13);3H,1-2H3. The molecule has 0 aliphatic rings. The average Bonchev–Trinajstić information content (AvgIpc) is 2.38. The van der Waals surface area contributed by atoms with Crippen molar-refractivity contribution in [1.29, 1.82) is 0 Å². The Labute approximate surface area is 105 Å². The van der Waals surface area contributed by atoms with Crippen LogP contribution in [0.15, 0.2) is 42.5 Å². The summed E-state index contributed by atoms with van der Waals surface area (Å²) in [6, 6.07) is 12.7. The van der Waals surface area contributed by atoms with Crippen LogP contribution in [0.25, 0.3) is 10.8 Å². The quantitative estimate of drug-likeness (QED) is 0.825. The van der Waals surface area contributed by atoms with Crippen molar-refractivity contribution in [3.8, 4) is 0 Å². The van der Waals surface area contributed by atoms with Crippen LogP contribution >= 0.6 is 0 Å². The SMILES string of the molecule is CN(C)C=O.O=C(O)c1cccc2ccccc12. The molecule has 0 bridgehead atoms. The predicted octanol–water partition coefficient (Wildman–Crippen LogP) is 2.24. The molecule has 2 aromatic carbocycles. The summed E-state index contributed by atoms with van der Waals surface area (Å²) in [7, 11) is 3.38. The van der Waals surface area contributed by atoms with Gasteiger partial charge in [0.05, 0.1) is 5.56 Å². The number of carboxylic acids is 1. The first-order chi connectivity index (χ1) is 8.56. The molecular weight excluding hydrogens is 230 g/mol. The maximum atomic E-state index is 10.8. The highest BCUT2D eigenvalue weighted by Gasteiger charge is 2.05. The molecule has 4 heteroatoms. The molecule has 0 saturated carbocycles. The van der Waals surface area contributed by atoms with E-state index in [0.717, 1.165) is 17.2 Å². The Morgan fingerprint density at radius 1 is 1.11 bits per heavy atom. The van der Waals surface area contributed by atoms with Crippen molar-refractivity contribution in [2.75, 3.05) is 14.1 Å². The molecule has 0 unspecified atom stereocenters. The Hall–Kier alpha value is -2.36. The average molecular weight is 245 g/mol. The largest absolute Gasteiger partial charge is 0.478 e. The van der Waals surface area contributed by atoms with Gasteiger partial charge < -0.3 is 10.0 Å². The molecule has 94 valence electrons. The van der Waals surface area contributed by atoms with Gasteiger partial charge in [0.15, 0.2) is 0 Å². The summed E-state index contributed by atoms with van der Waals surface area (Å²) >= 11 is 0. The van der Waals surface area contributed by atoms with Crippen LogP contribution in [0.3, 0.4) is 0 Å². The number of fused-ring (bicyclic) bond motifs is 1. The van der Waals surface area contributed by atoms with E-state index in [0.29, 0.717) is 5.56 Å². The van der Waals surface area contributed by atoms with Crippen molar-refractivity contribution >= 4 is 23.2 Å². The molecular formula is C14H15NO3. The molecule has 1 amide bonds. The number of carbonyl (C=O) groups excluding carboxylic acids is 1. The molecule has 0 aromatic heterocycles. The third-order valence-corrected chi connectivity index (χ3v) is 2.23. The topological polar surface area (TPSA) is 57.6 Å². The highest BCUT2D eigenvalue weighted by molar-refractivity contribution is 6.03. The lowest BCUT2D eigenvalue weighted by molar-refractivity contribution is -0.115. The summed E-state index contributed by atoms with van der Waals surface area (Å²) < 4.78 is 0. The molecule has 0 aliphatic heterocycles. The minimum atomic E-state index is -0.878. The summed E-state index contributed by atoms with van der Waals surface area (Å²) in [6.45, 7) is 0. The number of hydrogen-bond acceptors (Lipinski definition) is 2. The van der Waals surface area contributed by atoms with Crippen molar-refractivity contribution in [2.45, 2.75) is 0 Å². The van der Waals surface area contributed by atoms with Gasteiger partial charge in [-0.1, -0.05) is 36.4 Å². The van der Waals surface area contributed by atoms with E-state index in [4.69, 9.17) is 5.11 Å². The van der Waals surface area contributed by atoms with Gasteiger partial charge in [0.2, 0.25) is 6.41 Å². The fraction of sp³-hybridized carbons (Fsp3) is 0.143. The number of carboxylic acid groups (broad SMARTS) is 1. The summed E-state index contributed by atoms with van der Waals surface area (Å²) in [4.78, 5) is 21.7. The fourth-order valence-electron chi connectivity index (χ4n) is 1.41. The van der Waals surface area contributed by atoms with Gasteiger partial charge in [-0.3, -0.25) is 4.79 Å². The highest BCUT2D eigenvalue weighted by Crippen LogP contribution is 2.17. The van der Waals surface area contributed by atoms with Crippen LogP contribution in [0.5, 0.6) is 0 Å². The van der Waals surface area contributed by atoms with Gasteiger partial charge in [-0.05, 0) is 16.8 Å².